The zero-order valence-electron chi connectivity index (χ0n) is 21.7. The maximum absolute atomic E-state index is 13.3. The summed E-state index contributed by atoms with van der Waals surface area (Å²) in [6.45, 7) is 2.21. The number of halogens is 1. The number of benzene rings is 2. The maximum Gasteiger partial charge on any atom is 0.242 e. The summed E-state index contributed by atoms with van der Waals surface area (Å²) < 4.78 is 39.2. The number of carbonyl (C=O) groups is 2. The third-order valence-corrected chi connectivity index (χ3v) is 8.06. The second-order valence-corrected chi connectivity index (χ2v) is 11.7. The first-order chi connectivity index (χ1) is 17.6. The molecule has 9 heteroatoms. The predicted molar refractivity (Wildman–Crippen MR) is 144 cm³/mol. The van der Waals surface area contributed by atoms with Crippen LogP contribution in [-0.2, 0) is 26.0 Å². The Labute approximate surface area is 220 Å². The molecule has 0 radical (unpaired) electrons. The monoisotopic (exact) mass is 531 g/mol. The largest absolute Gasteiger partial charge is 0.352 e. The van der Waals surface area contributed by atoms with Crippen molar-refractivity contribution in [3.05, 3.63) is 66.0 Å². The van der Waals surface area contributed by atoms with Gasteiger partial charge < -0.3 is 10.2 Å². The molecule has 0 spiro atoms. The van der Waals surface area contributed by atoms with Gasteiger partial charge in [0.2, 0.25) is 21.8 Å². The number of carbonyl (C=O) groups excluding carboxylic acids is 2. The number of hydrogen-bond donors (Lipinski definition) is 1. The molecule has 3 rings (SSSR count). The first-order valence-corrected chi connectivity index (χ1v) is 14.9. The SMILES string of the molecule is CC(C(=O)NC1CCCCC1)N(CCc1ccccc1)C(=O)CCCN(c1ccc(F)cc1)S(C)(=O)=O. The molecule has 1 atom stereocenters. The lowest BCUT2D eigenvalue weighted by Crippen LogP contribution is -2.51. The van der Waals surface area contributed by atoms with Gasteiger partial charge >= 0.3 is 0 Å². The minimum atomic E-state index is -3.62. The zero-order chi connectivity index (χ0) is 26.8. The fourth-order valence-corrected chi connectivity index (χ4v) is 5.72. The Balaban J connectivity index is 1.66. The standard InChI is InChI=1S/C28H38FN3O4S/c1-22(28(34)30-25-12-7-4-8-13-25)31(21-19-23-10-5-3-6-11-23)27(33)14-9-20-32(37(2,35)36)26-17-15-24(29)16-18-26/h3,5-6,10-11,15-18,22,25H,4,7-9,12-14,19-21H2,1-2H3,(H,30,34). The Morgan fingerprint density at radius 3 is 2.27 bits per heavy atom. The summed E-state index contributed by atoms with van der Waals surface area (Å²) in [5.74, 6) is -0.811. The van der Waals surface area contributed by atoms with Gasteiger partial charge in [-0.05, 0) is 62.4 Å². The molecule has 2 aromatic carbocycles. The second-order valence-electron chi connectivity index (χ2n) is 9.76. The van der Waals surface area contributed by atoms with Crippen molar-refractivity contribution < 1.29 is 22.4 Å². The fourth-order valence-electron chi connectivity index (χ4n) is 4.75. The van der Waals surface area contributed by atoms with Crippen molar-refractivity contribution in [2.24, 2.45) is 0 Å². The van der Waals surface area contributed by atoms with E-state index in [0.717, 1.165) is 37.5 Å². The van der Waals surface area contributed by atoms with Gasteiger partial charge in [-0.1, -0.05) is 49.6 Å². The van der Waals surface area contributed by atoms with Gasteiger partial charge in [0.05, 0.1) is 11.9 Å². The zero-order valence-corrected chi connectivity index (χ0v) is 22.6. The molecule has 2 aromatic rings. The normalized spacial score (nSPS) is 15.1. The van der Waals surface area contributed by atoms with Gasteiger partial charge in [0.25, 0.3) is 0 Å². The highest BCUT2D eigenvalue weighted by molar-refractivity contribution is 7.92. The summed E-state index contributed by atoms with van der Waals surface area (Å²) in [5.41, 5.74) is 1.41. The molecule has 202 valence electrons. The van der Waals surface area contributed by atoms with Crippen LogP contribution in [0.4, 0.5) is 10.1 Å². The van der Waals surface area contributed by atoms with E-state index in [1.165, 1.54) is 35.0 Å². The molecular formula is C28H38FN3O4S. The molecule has 0 bridgehead atoms. The highest BCUT2D eigenvalue weighted by Gasteiger charge is 2.28. The summed E-state index contributed by atoms with van der Waals surface area (Å²) >= 11 is 0. The van der Waals surface area contributed by atoms with E-state index in [9.17, 15) is 22.4 Å². The van der Waals surface area contributed by atoms with E-state index in [0.29, 0.717) is 18.7 Å². The Morgan fingerprint density at radius 2 is 1.65 bits per heavy atom. The van der Waals surface area contributed by atoms with Crippen LogP contribution in [0.15, 0.2) is 54.6 Å². The molecule has 7 nitrogen and oxygen atoms in total. The molecule has 0 saturated heterocycles. The van der Waals surface area contributed by atoms with E-state index in [1.54, 1.807) is 11.8 Å². The molecule has 2 amide bonds. The van der Waals surface area contributed by atoms with Crippen LogP contribution in [0.5, 0.6) is 0 Å². The predicted octanol–water partition coefficient (Wildman–Crippen LogP) is 4.28. The molecule has 1 fully saturated rings. The summed E-state index contributed by atoms with van der Waals surface area (Å²) in [6.07, 6.45) is 7.35. The van der Waals surface area contributed by atoms with Crippen LogP contribution in [0, 0.1) is 5.82 Å². The Bertz CT molecular complexity index is 1120. The van der Waals surface area contributed by atoms with Crippen molar-refractivity contribution in [1.29, 1.82) is 0 Å². The van der Waals surface area contributed by atoms with Crippen molar-refractivity contribution in [3.8, 4) is 0 Å². The first-order valence-electron chi connectivity index (χ1n) is 13.0. The van der Waals surface area contributed by atoms with E-state index in [-0.39, 0.29) is 37.2 Å². The van der Waals surface area contributed by atoms with Crippen LogP contribution in [-0.4, -0.2) is 56.6 Å². The van der Waals surface area contributed by atoms with Crippen molar-refractivity contribution in [2.75, 3.05) is 23.7 Å². The number of amides is 2. The number of nitrogens with zero attached hydrogens (tertiary/aromatic N) is 2. The molecule has 1 N–H and O–H groups in total. The summed E-state index contributed by atoms with van der Waals surface area (Å²) in [5, 5.41) is 3.12. The number of anilines is 1. The van der Waals surface area contributed by atoms with Crippen LogP contribution < -0.4 is 9.62 Å². The maximum atomic E-state index is 13.3. The van der Waals surface area contributed by atoms with Crippen LogP contribution in [0.3, 0.4) is 0 Å². The highest BCUT2D eigenvalue weighted by atomic mass is 32.2. The van der Waals surface area contributed by atoms with Gasteiger partial charge in [0, 0.05) is 25.6 Å². The molecule has 0 aliphatic heterocycles. The summed E-state index contributed by atoms with van der Waals surface area (Å²) in [4.78, 5) is 28.0. The molecule has 1 aliphatic carbocycles. The van der Waals surface area contributed by atoms with Gasteiger partial charge in [0.1, 0.15) is 11.9 Å². The van der Waals surface area contributed by atoms with E-state index in [4.69, 9.17) is 0 Å². The van der Waals surface area contributed by atoms with Crippen molar-refractivity contribution in [3.63, 3.8) is 0 Å². The smallest absolute Gasteiger partial charge is 0.242 e. The Kier molecular flexibility index (Phi) is 10.5. The number of nitrogens with one attached hydrogen (secondary N) is 1. The fraction of sp³-hybridized carbons (Fsp3) is 0.500. The number of hydrogen-bond acceptors (Lipinski definition) is 4. The van der Waals surface area contributed by atoms with E-state index >= 15 is 0 Å². The second kappa shape index (κ2) is 13.6. The Morgan fingerprint density at radius 1 is 1.00 bits per heavy atom. The van der Waals surface area contributed by atoms with Gasteiger partial charge in [0.15, 0.2) is 0 Å². The summed E-state index contributed by atoms with van der Waals surface area (Å²) in [7, 11) is -3.62. The number of rotatable bonds is 12. The lowest BCUT2D eigenvalue weighted by atomic mass is 9.95. The Hall–Kier alpha value is -2.94. The number of sulfonamides is 1. The van der Waals surface area contributed by atoms with Crippen molar-refractivity contribution >= 4 is 27.5 Å². The molecule has 1 unspecified atom stereocenters. The van der Waals surface area contributed by atoms with Crippen LogP contribution in [0.25, 0.3) is 0 Å². The molecule has 1 saturated carbocycles. The van der Waals surface area contributed by atoms with Crippen LogP contribution in [0.1, 0.15) is 57.4 Å². The van der Waals surface area contributed by atoms with Gasteiger partial charge in [-0.3, -0.25) is 13.9 Å². The molecule has 0 heterocycles. The highest BCUT2D eigenvalue weighted by Crippen LogP contribution is 2.20. The minimum absolute atomic E-state index is 0.0748. The third kappa shape index (κ3) is 8.84. The average molecular weight is 532 g/mol. The van der Waals surface area contributed by atoms with Gasteiger partial charge in [-0.2, -0.15) is 0 Å². The third-order valence-electron chi connectivity index (χ3n) is 6.87. The first kappa shape index (κ1) is 28.6. The average Bonchev–Trinajstić information content (AvgIpc) is 2.88. The van der Waals surface area contributed by atoms with Crippen molar-refractivity contribution in [2.45, 2.75) is 70.4 Å². The van der Waals surface area contributed by atoms with Gasteiger partial charge in [-0.15, -0.1) is 0 Å². The molecule has 0 aromatic heterocycles. The lowest BCUT2D eigenvalue weighted by Gasteiger charge is -2.31. The van der Waals surface area contributed by atoms with Crippen LogP contribution in [0.2, 0.25) is 0 Å². The lowest BCUT2D eigenvalue weighted by molar-refractivity contribution is -0.140. The summed E-state index contributed by atoms with van der Waals surface area (Å²) in [6, 6.07) is 14.5. The minimum Gasteiger partial charge on any atom is -0.352 e. The van der Waals surface area contributed by atoms with Crippen molar-refractivity contribution in [1.82, 2.24) is 10.2 Å². The van der Waals surface area contributed by atoms with E-state index in [2.05, 4.69) is 5.32 Å². The molecular weight excluding hydrogens is 493 g/mol. The van der Waals surface area contributed by atoms with E-state index < -0.39 is 21.9 Å². The van der Waals surface area contributed by atoms with Crippen LogP contribution >= 0.6 is 0 Å². The van der Waals surface area contributed by atoms with E-state index in [1.807, 2.05) is 30.3 Å². The molecule has 37 heavy (non-hydrogen) atoms. The topological polar surface area (TPSA) is 86.8 Å². The quantitative estimate of drug-likeness (QED) is 0.443. The molecule has 1 aliphatic rings. The van der Waals surface area contributed by atoms with Gasteiger partial charge in [-0.25, -0.2) is 12.8 Å².